The molecule has 1 N–H and O–H groups in total. The Morgan fingerprint density at radius 3 is 2.53 bits per heavy atom. The highest BCUT2D eigenvalue weighted by Gasteiger charge is 2.10. The molecule has 0 aliphatic rings. The van der Waals surface area contributed by atoms with Crippen LogP contribution in [0.5, 0.6) is 0 Å². The highest BCUT2D eigenvalue weighted by atomic mass is 35.5. The number of carboxylic acid groups (broad SMARTS) is 1. The highest BCUT2D eigenvalue weighted by molar-refractivity contribution is 6.30. The molecule has 0 atom stereocenters. The number of hydrogen-bond acceptors (Lipinski definition) is 2. The maximum absolute atomic E-state index is 10.6. The van der Waals surface area contributed by atoms with E-state index >= 15 is 0 Å². The number of carboxylic acids is 1. The molecule has 0 saturated heterocycles. The normalized spacial score (nSPS) is 11.1. The van der Waals surface area contributed by atoms with Gasteiger partial charge in [-0.3, -0.25) is 0 Å². The second-order valence-corrected chi connectivity index (χ2v) is 4.58. The van der Waals surface area contributed by atoms with Crippen molar-refractivity contribution in [1.29, 1.82) is 0 Å². The van der Waals surface area contributed by atoms with Gasteiger partial charge in [-0.05, 0) is 44.2 Å². The number of aliphatic carboxylic acids is 1. The van der Waals surface area contributed by atoms with Crippen LogP contribution in [0.15, 0.2) is 30.3 Å². The zero-order chi connectivity index (χ0) is 14.0. The summed E-state index contributed by atoms with van der Waals surface area (Å²) in [6.07, 6.45) is 2.68. The van der Waals surface area contributed by atoms with Crippen LogP contribution in [0.25, 0.3) is 11.8 Å². The first kappa shape index (κ1) is 13.4. The first-order valence-corrected chi connectivity index (χ1v) is 6.10. The lowest BCUT2D eigenvalue weighted by atomic mass is 10.2. The summed E-state index contributed by atoms with van der Waals surface area (Å²) in [6.45, 7) is 3.75. The summed E-state index contributed by atoms with van der Waals surface area (Å²) in [4.78, 5) is 10.6. The fraction of sp³-hybridized carbons (Fsp3) is 0.143. The Hall–Kier alpha value is -2.07. The topological polar surface area (TPSA) is 55.1 Å². The molecule has 2 rings (SSSR count). The summed E-state index contributed by atoms with van der Waals surface area (Å²) < 4.78 is 1.77. The minimum absolute atomic E-state index is 0.663. The van der Waals surface area contributed by atoms with Crippen molar-refractivity contribution in [2.24, 2.45) is 0 Å². The Kier molecular flexibility index (Phi) is 3.71. The van der Waals surface area contributed by atoms with E-state index in [-0.39, 0.29) is 0 Å². The minimum atomic E-state index is -0.974. The van der Waals surface area contributed by atoms with Crippen LogP contribution < -0.4 is 0 Å². The van der Waals surface area contributed by atoms with E-state index in [0.717, 1.165) is 28.7 Å². The van der Waals surface area contributed by atoms with Gasteiger partial charge in [0.25, 0.3) is 0 Å². The van der Waals surface area contributed by atoms with Crippen LogP contribution in [0.1, 0.15) is 17.0 Å². The van der Waals surface area contributed by atoms with E-state index in [1.54, 1.807) is 22.9 Å². The Balaban J connectivity index is 2.46. The van der Waals surface area contributed by atoms with E-state index in [2.05, 4.69) is 5.10 Å². The molecule has 4 nitrogen and oxygen atoms in total. The second kappa shape index (κ2) is 5.28. The molecule has 2 aromatic rings. The lowest BCUT2D eigenvalue weighted by molar-refractivity contribution is -0.131. The van der Waals surface area contributed by atoms with E-state index in [1.807, 2.05) is 26.0 Å². The Labute approximate surface area is 115 Å². The van der Waals surface area contributed by atoms with E-state index < -0.39 is 5.97 Å². The SMILES string of the molecule is Cc1nn(-c2ccc(Cl)cc2)c(C)c1/C=C/C(=O)O. The lowest BCUT2D eigenvalue weighted by Crippen LogP contribution is -1.98. The molecular weight excluding hydrogens is 264 g/mol. The molecule has 0 amide bonds. The fourth-order valence-electron chi connectivity index (χ4n) is 1.88. The Morgan fingerprint density at radius 1 is 1.32 bits per heavy atom. The zero-order valence-electron chi connectivity index (χ0n) is 10.6. The quantitative estimate of drug-likeness (QED) is 0.876. The van der Waals surface area contributed by atoms with Crippen molar-refractivity contribution >= 4 is 23.6 Å². The maximum atomic E-state index is 10.6. The second-order valence-electron chi connectivity index (χ2n) is 4.14. The van der Waals surface area contributed by atoms with Gasteiger partial charge in [-0.2, -0.15) is 5.10 Å². The molecule has 0 fully saturated rings. The molecule has 1 aromatic heterocycles. The van der Waals surface area contributed by atoms with Gasteiger partial charge in [0.2, 0.25) is 0 Å². The van der Waals surface area contributed by atoms with Gasteiger partial charge in [0.1, 0.15) is 0 Å². The van der Waals surface area contributed by atoms with Gasteiger partial charge < -0.3 is 5.11 Å². The van der Waals surface area contributed by atoms with Crippen molar-refractivity contribution in [3.8, 4) is 5.69 Å². The summed E-state index contributed by atoms with van der Waals surface area (Å²) in [5.41, 5.74) is 3.37. The van der Waals surface area contributed by atoms with E-state index in [9.17, 15) is 4.79 Å². The van der Waals surface area contributed by atoms with Gasteiger partial charge in [0, 0.05) is 22.4 Å². The van der Waals surface area contributed by atoms with Crippen LogP contribution in [0, 0.1) is 13.8 Å². The van der Waals surface area contributed by atoms with Crippen molar-refractivity contribution < 1.29 is 9.90 Å². The molecule has 19 heavy (non-hydrogen) atoms. The number of carbonyl (C=O) groups is 1. The van der Waals surface area contributed by atoms with Gasteiger partial charge >= 0.3 is 5.97 Å². The number of benzene rings is 1. The largest absolute Gasteiger partial charge is 0.478 e. The standard InChI is InChI=1S/C14H13ClN2O2/c1-9-13(7-8-14(18)19)10(2)17(16-9)12-5-3-11(15)4-6-12/h3-8H,1-2H3,(H,18,19)/b8-7+. The fourth-order valence-corrected chi connectivity index (χ4v) is 2.01. The van der Waals surface area contributed by atoms with Crippen molar-refractivity contribution in [3.63, 3.8) is 0 Å². The lowest BCUT2D eigenvalue weighted by Gasteiger charge is -2.04. The van der Waals surface area contributed by atoms with Crippen LogP contribution in [0.4, 0.5) is 0 Å². The highest BCUT2D eigenvalue weighted by Crippen LogP contribution is 2.20. The number of rotatable bonds is 3. The first-order valence-electron chi connectivity index (χ1n) is 5.72. The Morgan fingerprint density at radius 2 is 1.95 bits per heavy atom. The van der Waals surface area contributed by atoms with Crippen molar-refractivity contribution in [1.82, 2.24) is 9.78 Å². The number of halogens is 1. The van der Waals surface area contributed by atoms with Crippen molar-refractivity contribution in [2.75, 3.05) is 0 Å². The van der Waals surface area contributed by atoms with E-state index in [4.69, 9.17) is 16.7 Å². The molecule has 0 saturated carbocycles. The summed E-state index contributed by atoms with van der Waals surface area (Å²) >= 11 is 5.85. The summed E-state index contributed by atoms with van der Waals surface area (Å²) in [5, 5.41) is 13.8. The van der Waals surface area contributed by atoms with Crippen LogP contribution in [0.2, 0.25) is 5.02 Å². The molecule has 0 bridgehead atoms. The molecule has 1 heterocycles. The molecule has 5 heteroatoms. The van der Waals surface area contributed by atoms with Gasteiger partial charge in [0.15, 0.2) is 0 Å². The van der Waals surface area contributed by atoms with E-state index in [1.165, 1.54) is 0 Å². The van der Waals surface area contributed by atoms with Crippen LogP contribution in [-0.2, 0) is 4.79 Å². The van der Waals surface area contributed by atoms with Gasteiger partial charge in [-0.25, -0.2) is 9.48 Å². The number of hydrogen-bond donors (Lipinski definition) is 1. The number of nitrogens with zero attached hydrogens (tertiary/aromatic N) is 2. The molecule has 98 valence electrons. The van der Waals surface area contributed by atoms with Crippen LogP contribution >= 0.6 is 11.6 Å². The Bertz CT molecular complexity index is 642. The number of aryl methyl sites for hydroxylation is 1. The average Bonchev–Trinajstić information content (AvgIpc) is 2.63. The third-order valence-electron chi connectivity index (χ3n) is 2.81. The summed E-state index contributed by atoms with van der Waals surface area (Å²) in [6, 6.07) is 7.32. The van der Waals surface area contributed by atoms with Crippen molar-refractivity contribution in [3.05, 3.63) is 52.3 Å². The first-order chi connectivity index (χ1) is 8.99. The predicted octanol–water partition coefficient (Wildman–Crippen LogP) is 3.24. The van der Waals surface area contributed by atoms with Gasteiger partial charge in [0.05, 0.1) is 11.4 Å². The average molecular weight is 277 g/mol. The van der Waals surface area contributed by atoms with Gasteiger partial charge in [-0.1, -0.05) is 11.6 Å². The molecular formula is C14H13ClN2O2. The predicted molar refractivity (Wildman–Crippen MR) is 74.7 cm³/mol. The van der Waals surface area contributed by atoms with Crippen LogP contribution in [-0.4, -0.2) is 20.9 Å². The van der Waals surface area contributed by atoms with E-state index in [0.29, 0.717) is 5.02 Å². The zero-order valence-corrected chi connectivity index (χ0v) is 11.3. The summed E-state index contributed by atoms with van der Waals surface area (Å²) in [5.74, 6) is -0.974. The molecule has 0 aliphatic carbocycles. The molecule has 0 unspecified atom stereocenters. The van der Waals surface area contributed by atoms with Gasteiger partial charge in [-0.15, -0.1) is 0 Å². The summed E-state index contributed by atoms with van der Waals surface area (Å²) in [7, 11) is 0. The molecule has 0 aliphatic heterocycles. The van der Waals surface area contributed by atoms with Crippen molar-refractivity contribution in [2.45, 2.75) is 13.8 Å². The third-order valence-corrected chi connectivity index (χ3v) is 3.06. The molecule has 0 radical (unpaired) electrons. The smallest absolute Gasteiger partial charge is 0.328 e. The van der Waals surface area contributed by atoms with Crippen LogP contribution in [0.3, 0.4) is 0 Å². The minimum Gasteiger partial charge on any atom is -0.478 e. The maximum Gasteiger partial charge on any atom is 0.328 e. The number of aromatic nitrogens is 2. The molecule has 0 spiro atoms. The monoisotopic (exact) mass is 276 g/mol. The molecule has 1 aromatic carbocycles. The third kappa shape index (κ3) is 2.85.